The average molecular weight is 287 g/mol. The smallest absolute Gasteiger partial charge is 0.0766 e. The minimum Gasteiger partial charge on any atom is -0.389 e. The Balaban J connectivity index is 2.05. The molecule has 0 spiro atoms. The zero-order valence-electron chi connectivity index (χ0n) is 13.3. The number of aliphatic hydroxyl groups is 1. The van der Waals surface area contributed by atoms with E-state index < -0.39 is 5.60 Å². The van der Waals surface area contributed by atoms with Crippen LogP contribution >= 0.6 is 0 Å². The summed E-state index contributed by atoms with van der Waals surface area (Å²) >= 11 is 0. The van der Waals surface area contributed by atoms with E-state index in [1.165, 1.54) is 5.56 Å². The van der Waals surface area contributed by atoms with Gasteiger partial charge in [-0.15, -0.1) is 0 Å². The van der Waals surface area contributed by atoms with Gasteiger partial charge in [0.2, 0.25) is 0 Å². The molecule has 1 aromatic carbocycles. The van der Waals surface area contributed by atoms with Crippen molar-refractivity contribution in [1.82, 2.24) is 15.5 Å². The average Bonchev–Trinajstić information content (AvgIpc) is 2.86. The third kappa shape index (κ3) is 3.93. The van der Waals surface area contributed by atoms with Crippen LogP contribution in [0.25, 0.3) is 11.3 Å². The molecule has 1 atom stereocenters. The first-order chi connectivity index (χ1) is 9.90. The lowest BCUT2D eigenvalue weighted by Crippen LogP contribution is -2.41. The van der Waals surface area contributed by atoms with Gasteiger partial charge in [-0.05, 0) is 25.8 Å². The second-order valence-electron chi connectivity index (χ2n) is 6.26. The molecule has 4 nitrogen and oxygen atoms in total. The van der Waals surface area contributed by atoms with Crippen LogP contribution in [-0.4, -0.2) is 27.4 Å². The lowest BCUT2D eigenvalue weighted by Gasteiger charge is -2.27. The van der Waals surface area contributed by atoms with E-state index >= 15 is 0 Å². The van der Waals surface area contributed by atoms with Crippen LogP contribution < -0.4 is 5.32 Å². The van der Waals surface area contributed by atoms with E-state index in [1.54, 1.807) is 0 Å². The van der Waals surface area contributed by atoms with E-state index in [4.69, 9.17) is 0 Å². The Labute approximate surface area is 126 Å². The highest BCUT2D eigenvalue weighted by molar-refractivity contribution is 5.63. The van der Waals surface area contributed by atoms with Crippen molar-refractivity contribution >= 4 is 0 Å². The standard InChI is InChI=1S/C17H25N3O/c1-12(2)17(4,21)11-18-9-15-10-19-20-16(15)14-7-5-6-13(3)8-14/h5-8,10,12,18,21H,9,11H2,1-4H3,(H,19,20). The van der Waals surface area contributed by atoms with E-state index in [0.717, 1.165) is 16.8 Å². The van der Waals surface area contributed by atoms with Crippen LogP contribution in [0.3, 0.4) is 0 Å². The van der Waals surface area contributed by atoms with Gasteiger partial charge in [0, 0.05) is 24.2 Å². The van der Waals surface area contributed by atoms with Gasteiger partial charge in [-0.1, -0.05) is 37.6 Å². The summed E-state index contributed by atoms with van der Waals surface area (Å²) in [6.07, 6.45) is 1.84. The first-order valence-corrected chi connectivity index (χ1v) is 7.42. The van der Waals surface area contributed by atoms with Crippen molar-refractivity contribution < 1.29 is 5.11 Å². The first-order valence-electron chi connectivity index (χ1n) is 7.42. The Morgan fingerprint density at radius 3 is 2.81 bits per heavy atom. The summed E-state index contributed by atoms with van der Waals surface area (Å²) in [6, 6.07) is 8.35. The van der Waals surface area contributed by atoms with Crippen LogP contribution in [0.1, 0.15) is 31.9 Å². The maximum absolute atomic E-state index is 10.3. The molecule has 3 N–H and O–H groups in total. The number of aryl methyl sites for hydroxylation is 1. The molecule has 2 rings (SSSR count). The molecule has 0 aliphatic carbocycles. The predicted octanol–water partition coefficient (Wildman–Crippen LogP) is 2.88. The highest BCUT2D eigenvalue weighted by atomic mass is 16.3. The Kier molecular flexibility index (Phi) is 4.80. The summed E-state index contributed by atoms with van der Waals surface area (Å²) in [7, 11) is 0. The van der Waals surface area contributed by atoms with Gasteiger partial charge in [-0.3, -0.25) is 5.10 Å². The Morgan fingerprint density at radius 1 is 1.38 bits per heavy atom. The van der Waals surface area contributed by atoms with Crippen molar-refractivity contribution in [2.75, 3.05) is 6.54 Å². The van der Waals surface area contributed by atoms with Gasteiger partial charge in [0.1, 0.15) is 0 Å². The number of benzene rings is 1. The molecule has 0 saturated heterocycles. The second-order valence-corrected chi connectivity index (χ2v) is 6.26. The molecule has 0 radical (unpaired) electrons. The molecule has 0 saturated carbocycles. The molecule has 0 aliphatic heterocycles. The SMILES string of the molecule is Cc1cccc(-c2[nH]ncc2CNCC(C)(O)C(C)C)c1. The minimum atomic E-state index is -0.701. The van der Waals surface area contributed by atoms with Crippen LogP contribution in [-0.2, 0) is 6.54 Å². The number of nitrogens with zero attached hydrogens (tertiary/aromatic N) is 1. The van der Waals surface area contributed by atoms with Crippen molar-refractivity contribution in [3.8, 4) is 11.3 Å². The Bertz CT molecular complexity index is 587. The summed E-state index contributed by atoms with van der Waals surface area (Å²) in [6.45, 7) is 9.24. The van der Waals surface area contributed by atoms with Crippen LogP contribution in [0.2, 0.25) is 0 Å². The molecular formula is C17H25N3O. The number of aromatic amines is 1. The van der Waals surface area contributed by atoms with Crippen LogP contribution in [0.5, 0.6) is 0 Å². The highest BCUT2D eigenvalue weighted by Crippen LogP contribution is 2.22. The molecule has 21 heavy (non-hydrogen) atoms. The molecule has 0 bridgehead atoms. The Hall–Kier alpha value is -1.65. The molecule has 0 amide bonds. The van der Waals surface area contributed by atoms with Crippen molar-refractivity contribution in [3.05, 3.63) is 41.6 Å². The molecule has 1 aromatic heterocycles. The van der Waals surface area contributed by atoms with E-state index in [-0.39, 0.29) is 5.92 Å². The van der Waals surface area contributed by atoms with Gasteiger partial charge in [0.25, 0.3) is 0 Å². The summed E-state index contributed by atoms with van der Waals surface area (Å²) in [5.74, 6) is 0.214. The maximum Gasteiger partial charge on any atom is 0.0766 e. The number of rotatable bonds is 6. The summed E-state index contributed by atoms with van der Waals surface area (Å²) in [5, 5.41) is 20.8. The molecule has 1 unspecified atom stereocenters. The number of H-pyrrole nitrogens is 1. The molecular weight excluding hydrogens is 262 g/mol. The predicted molar refractivity (Wildman–Crippen MR) is 85.9 cm³/mol. The fraction of sp³-hybridized carbons (Fsp3) is 0.471. The third-order valence-electron chi connectivity index (χ3n) is 4.07. The van der Waals surface area contributed by atoms with Crippen molar-refractivity contribution in [2.24, 2.45) is 5.92 Å². The van der Waals surface area contributed by atoms with Crippen molar-refractivity contribution in [3.63, 3.8) is 0 Å². The fourth-order valence-electron chi connectivity index (χ4n) is 2.15. The number of aromatic nitrogens is 2. The van der Waals surface area contributed by atoms with Crippen LogP contribution in [0.4, 0.5) is 0 Å². The lowest BCUT2D eigenvalue weighted by molar-refractivity contribution is 0.0140. The zero-order valence-corrected chi connectivity index (χ0v) is 13.3. The van der Waals surface area contributed by atoms with Gasteiger partial charge in [0.05, 0.1) is 17.5 Å². The van der Waals surface area contributed by atoms with Crippen LogP contribution in [0, 0.1) is 12.8 Å². The quantitative estimate of drug-likeness (QED) is 0.765. The van der Waals surface area contributed by atoms with Gasteiger partial charge in [-0.25, -0.2) is 0 Å². The van der Waals surface area contributed by atoms with Gasteiger partial charge in [0.15, 0.2) is 0 Å². The molecule has 1 heterocycles. The first kappa shape index (κ1) is 15.7. The molecule has 2 aromatic rings. The summed E-state index contributed by atoms with van der Waals surface area (Å²) in [4.78, 5) is 0. The van der Waals surface area contributed by atoms with Crippen molar-refractivity contribution in [2.45, 2.75) is 39.8 Å². The Morgan fingerprint density at radius 2 is 2.14 bits per heavy atom. The largest absolute Gasteiger partial charge is 0.389 e. The van der Waals surface area contributed by atoms with Gasteiger partial charge >= 0.3 is 0 Å². The third-order valence-corrected chi connectivity index (χ3v) is 4.07. The van der Waals surface area contributed by atoms with E-state index in [0.29, 0.717) is 13.1 Å². The molecule has 0 aliphatic rings. The normalized spacial score (nSPS) is 14.4. The van der Waals surface area contributed by atoms with Gasteiger partial charge < -0.3 is 10.4 Å². The molecule has 114 valence electrons. The number of hydrogen-bond acceptors (Lipinski definition) is 3. The van der Waals surface area contributed by atoms with Crippen molar-refractivity contribution in [1.29, 1.82) is 0 Å². The summed E-state index contributed by atoms with van der Waals surface area (Å²) in [5.41, 5.74) is 3.81. The van der Waals surface area contributed by atoms with Crippen LogP contribution in [0.15, 0.2) is 30.5 Å². The zero-order chi connectivity index (χ0) is 15.5. The highest BCUT2D eigenvalue weighted by Gasteiger charge is 2.24. The molecule has 4 heteroatoms. The number of nitrogens with one attached hydrogen (secondary N) is 2. The lowest BCUT2D eigenvalue weighted by atomic mass is 9.92. The number of hydrogen-bond donors (Lipinski definition) is 3. The minimum absolute atomic E-state index is 0.214. The van der Waals surface area contributed by atoms with Gasteiger partial charge in [-0.2, -0.15) is 5.10 Å². The van der Waals surface area contributed by atoms with E-state index in [9.17, 15) is 5.11 Å². The maximum atomic E-state index is 10.3. The monoisotopic (exact) mass is 287 g/mol. The topological polar surface area (TPSA) is 60.9 Å². The summed E-state index contributed by atoms with van der Waals surface area (Å²) < 4.78 is 0. The molecule has 0 fully saturated rings. The fourth-order valence-corrected chi connectivity index (χ4v) is 2.15. The van der Waals surface area contributed by atoms with E-state index in [2.05, 4.69) is 40.6 Å². The van der Waals surface area contributed by atoms with E-state index in [1.807, 2.05) is 33.0 Å². The second kappa shape index (κ2) is 6.41.